The molecule has 1 N–H and O–H groups in total. The highest BCUT2D eigenvalue weighted by Crippen LogP contribution is 2.16. The third-order valence-electron chi connectivity index (χ3n) is 4.59. The van der Waals surface area contributed by atoms with Crippen molar-refractivity contribution >= 4 is 15.9 Å². The number of unbranched alkanes of at least 4 members (excludes halogenated alkanes) is 6. The first kappa shape index (κ1) is 21.2. The number of nitrogens with one attached hydrogen (secondary N) is 1. The van der Waals surface area contributed by atoms with E-state index in [-0.39, 0.29) is 4.90 Å². The summed E-state index contributed by atoms with van der Waals surface area (Å²) in [6.07, 6.45) is 9.19. The number of rotatable bonds is 11. The maximum atomic E-state index is 12.6. The average Bonchev–Trinajstić information content (AvgIpc) is 2.68. The van der Waals surface area contributed by atoms with Gasteiger partial charge >= 0.3 is 0 Å². The van der Waals surface area contributed by atoms with E-state index in [1.165, 1.54) is 44.2 Å². The van der Waals surface area contributed by atoms with E-state index in [9.17, 15) is 13.2 Å². The minimum atomic E-state index is -3.86. The standard InChI is InChI=1S/C22H29NO3S/c1-2-3-4-5-6-7-9-14-19-15-12-13-18-21(19)22(24)23-27(25,26)20-16-10-8-11-17-20/h8,10-13,15-18H,2-7,9,14H2,1H3,(H,23,24). The molecule has 0 aromatic heterocycles. The molecule has 2 rings (SSSR count). The molecule has 1 amide bonds. The summed E-state index contributed by atoms with van der Waals surface area (Å²) in [7, 11) is -3.86. The molecule has 0 aliphatic rings. The fraction of sp³-hybridized carbons (Fsp3) is 0.409. The Morgan fingerprint density at radius 2 is 1.41 bits per heavy atom. The average molecular weight is 388 g/mol. The highest BCUT2D eigenvalue weighted by molar-refractivity contribution is 7.90. The van der Waals surface area contributed by atoms with E-state index in [4.69, 9.17) is 0 Å². The SMILES string of the molecule is CCCCCCCCCc1ccccc1C(=O)NS(=O)(=O)c1ccccc1. The second kappa shape index (κ2) is 10.9. The topological polar surface area (TPSA) is 63.2 Å². The Kier molecular flexibility index (Phi) is 8.52. The van der Waals surface area contributed by atoms with E-state index in [1.54, 1.807) is 30.3 Å². The molecule has 0 spiro atoms. The molecule has 0 radical (unpaired) electrons. The van der Waals surface area contributed by atoms with Crippen LogP contribution in [-0.4, -0.2) is 14.3 Å². The summed E-state index contributed by atoms with van der Waals surface area (Å²) in [5.74, 6) is -0.572. The van der Waals surface area contributed by atoms with Gasteiger partial charge in [0.2, 0.25) is 0 Å². The predicted octanol–water partition coefficient (Wildman–Crippen LogP) is 5.10. The molecule has 5 heteroatoms. The summed E-state index contributed by atoms with van der Waals surface area (Å²) >= 11 is 0. The van der Waals surface area contributed by atoms with Crippen molar-refractivity contribution in [1.82, 2.24) is 4.72 Å². The van der Waals surface area contributed by atoms with Crippen LogP contribution in [0.25, 0.3) is 0 Å². The molecule has 0 fully saturated rings. The van der Waals surface area contributed by atoms with Crippen molar-refractivity contribution in [3.63, 3.8) is 0 Å². The molecule has 0 unspecified atom stereocenters. The van der Waals surface area contributed by atoms with Gasteiger partial charge in [0.1, 0.15) is 0 Å². The van der Waals surface area contributed by atoms with Crippen LogP contribution < -0.4 is 4.72 Å². The van der Waals surface area contributed by atoms with Gasteiger partial charge < -0.3 is 0 Å². The molecule has 0 heterocycles. The number of sulfonamides is 1. The third-order valence-corrected chi connectivity index (χ3v) is 5.94. The Bertz CT molecular complexity index is 816. The lowest BCUT2D eigenvalue weighted by Crippen LogP contribution is -2.31. The van der Waals surface area contributed by atoms with Gasteiger partial charge in [-0.1, -0.05) is 81.8 Å². The lowest BCUT2D eigenvalue weighted by Gasteiger charge is -2.11. The molecular formula is C22H29NO3S. The summed E-state index contributed by atoms with van der Waals surface area (Å²) in [4.78, 5) is 12.7. The number of hydrogen-bond acceptors (Lipinski definition) is 3. The molecule has 0 aliphatic carbocycles. The van der Waals surface area contributed by atoms with Crippen molar-refractivity contribution in [2.75, 3.05) is 0 Å². The van der Waals surface area contributed by atoms with Gasteiger partial charge in [-0.2, -0.15) is 0 Å². The molecule has 0 saturated heterocycles. The number of benzene rings is 2. The molecule has 4 nitrogen and oxygen atoms in total. The van der Waals surface area contributed by atoms with Crippen LogP contribution >= 0.6 is 0 Å². The number of hydrogen-bond donors (Lipinski definition) is 1. The van der Waals surface area contributed by atoms with Crippen molar-refractivity contribution in [2.45, 2.75) is 63.2 Å². The monoisotopic (exact) mass is 387 g/mol. The molecule has 2 aromatic carbocycles. The van der Waals surface area contributed by atoms with Gasteiger partial charge in [-0.3, -0.25) is 4.79 Å². The fourth-order valence-corrected chi connectivity index (χ4v) is 4.06. The van der Waals surface area contributed by atoms with Crippen LogP contribution in [0.15, 0.2) is 59.5 Å². The summed E-state index contributed by atoms with van der Waals surface area (Å²) in [6.45, 7) is 2.21. The van der Waals surface area contributed by atoms with Crippen LogP contribution in [0.5, 0.6) is 0 Å². The summed E-state index contributed by atoms with van der Waals surface area (Å²) in [5.41, 5.74) is 1.33. The molecule has 2 aromatic rings. The Labute approximate surface area is 163 Å². The maximum Gasteiger partial charge on any atom is 0.265 e. The zero-order chi connectivity index (χ0) is 19.5. The van der Waals surface area contributed by atoms with Crippen molar-refractivity contribution in [3.8, 4) is 0 Å². The third kappa shape index (κ3) is 6.83. The van der Waals surface area contributed by atoms with Gasteiger partial charge in [-0.25, -0.2) is 13.1 Å². The second-order valence-corrected chi connectivity index (χ2v) is 8.46. The maximum absolute atomic E-state index is 12.6. The zero-order valence-corrected chi connectivity index (χ0v) is 16.8. The first-order valence-corrected chi connectivity index (χ1v) is 11.2. The second-order valence-electron chi connectivity index (χ2n) is 6.78. The van der Waals surface area contributed by atoms with E-state index < -0.39 is 15.9 Å². The summed E-state index contributed by atoms with van der Waals surface area (Å²) < 4.78 is 26.9. The first-order chi connectivity index (χ1) is 13.0. The van der Waals surface area contributed by atoms with E-state index in [1.807, 2.05) is 12.1 Å². The summed E-state index contributed by atoms with van der Waals surface area (Å²) in [5, 5.41) is 0. The van der Waals surface area contributed by atoms with Gasteiger partial charge in [0.25, 0.3) is 15.9 Å². The van der Waals surface area contributed by atoms with Crippen molar-refractivity contribution in [2.24, 2.45) is 0 Å². The molecular weight excluding hydrogens is 358 g/mol. The van der Waals surface area contributed by atoms with Crippen molar-refractivity contribution in [3.05, 3.63) is 65.7 Å². The molecule has 0 saturated carbocycles. The number of carbonyl (C=O) groups excluding carboxylic acids is 1. The van der Waals surface area contributed by atoms with Gasteiger partial charge in [0.05, 0.1) is 4.90 Å². The lowest BCUT2D eigenvalue weighted by molar-refractivity contribution is 0.0980. The molecule has 27 heavy (non-hydrogen) atoms. The quantitative estimate of drug-likeness (QED) is 0.546. The van der Waals surface area contributed by atoms with Gasteiger partial charge in [-0.15, -0.1) is 0 Å². The Morgan fingerprint density at radius 1 is 0.815 bits per heavy atom. The van der Waals surface area contributed by atoms with Crippen LogP contribution in [-0.2, 0) is 16.4 Å². The lowest BCUT2D eigenvalue weighted by atomic mass is 10.00. The Morgan fingerprint density at radius 3 is 2.11 bits per heavy atom. The van der Waals surface area contributed by atoms with Crippen LogP contribution in [0.4, 0.5) is 0 Å². The smallest absolute Gasteiger partial charge is 0.265 e. The number of amides is 1. The highest BCUT2D eigenvalue weighted by Gasteiger charge is 2.19. The first-order valence-electron chi connectivity index (χ1n) is 9.74. The van der Waals surface area contributed by atoms with Gasteiger partial charge in [-0.05, 0) is 36.6 Å². The largest absolute Gasteiger partial charge is 0.268 e. The fourth-order valence-electron chi connectivity index (χ4n) is 3.07. The molecule has 0 aliphatic heterocycles. The minimum Gasteiger partial charge on any atom is -0.268 e. The van der Waals surface area contributed by atoms with Gasteiger partial charge in [0.15, 0.2) is 0 Å². The van der Waals surface area contributed by atoms with E-state index in [0.717, 1.165) is 24.8 Å². The van der Waals surface area contributed by atoms with Crippen molar-refractivity contribution < 1.29 is 13.2 Å². The van der Waals surface area contributed by atoms with E-state index >= 15 is 0 Å². The zero-order valence-electron chi connectivity index (χ0n) is 16.0. The van der Waals surface area contributed by atoms with E-state index in [0.29, 0.717) is 5.56 Å². The Hall–Kier alpha value is -2.14. The Balaban J connectivity index is 1.95. The number of aryl methyl sites for hydroxylation is 1. The molecule has 146 valence electrons. The number of carbonyl (C=O) groups is 1. The highest BCUT2D eigenvalue weighted by atomic mass is 32.2. The normalized spacial score (nSPS) is 11.3. The summed E-state index contributed by atoms with van der Waals surface area (Å²) in [6, 6.07) is 15.2. The van der Waals surface area contributed by atoms with Crippen molar-refractivity contribution in [1.29, 1.82) is 0 Å². The molecule has 0 bridgehead atoms. The minimum absolute atomic E-state index is 0.0860. The van der Waals surface area contributed by atoms with Crippen LogP contribution in [0.3, 0.4) is 0 Å². The molecule has 0 atom stereocenters. The van der Waals surface area contributed by atoms with Crippen LogP contribution in [0.2, 0.25) is 0 Å². The van der Waals surface area contributed by atoms with E-state index in [2.05, 4.69) is 11.6 Å². The van der Waals surface area contributed by atoms with Crippen LogP contribution in [0.1, 0.15) is 67.8 Å². The predicted molar refractivity (Wildman–Crippen MR) is 109 cm³/mol. The van der Waals surface area contributed by atoms with Gasteiger partial charge in [0, 0.05) is 5.56 Å². The van der Waals surface area contributed by atoms with Crippen LogP contribution in [0, 0.1) is 0 Å².